The molecule has 0 atom stereocenters. The molecule has 0 unspecified atom stereocenters. The first-order valence-corrected chi connectivity index (χ1v) is 10.9. The van der Waals surface area contributed by atoms with E-state index in [1.54, 1.807) is 35.4 Å². The summed E-state index contributed by atoms with van der Waals surface area (Å²) in [6.07, 6.45) is 6.49. The Morgan fingerprint density at radius 1 is 1.03 bits per heavy atom. The lowest BCUT2D eigenvalue weighted by molar-refractivity contribution is -0.385. The summed E-state index contributed by atoms with van der Waals surface area (Å²) in [6.45, 7) is 0. The second-order valence-electron chi connectivity index (χ2n) is 6.77. The summed E-state index contributed by atoms with van der Waals surface area (Å²) in [7, 11) is -4.04. The molecule has 0 saturated heterocycles. The van der Waals surface area contributed by atoms with E-state index in [9.17, 15) is 23.3 Å². The van der Waals surface area contributed by atoms with Gasteiger partial charge >= 0.3 is 0 Å². The number of nitro benzene ring substituents is 1. The lowest BCUT2D eigenvalue weighted by Gasteiger charge is -2.09. The third-order valence-corrected chi connectivity index (χ3v) is 5.89. The van der Waals surface area contributed by atoms with Crippen LogP contribution in [0, 0.1) is 10.1 Å². The van der Waals surface area contributed by atoms with Gasteiger partial charge in [0.2, 0.25) is 0 Å². The quantitative estimate of drug-likeness (QED) is 0.315. The summed E-state index contributed by atoms with van der Waals surface area (Å²) in [6, 6.07) is 13.9. The number of hydrogen-bond donors (Lipinski definition) is 2. The molecule has 0 radical (unpaired) electrons. The summed E-state index contributed by atoms with van der Waals surface area (Å²) in [5.74, 6) is 0.242. The predicted molar refractivity (Wildman–Crippen MR) is 120 cm³/mol. The van der Waals surface area contributed by atoms with Gasteiger partial charge in [-0.1, -0.05) is 6.07 Å². The first-order valence-electron chi connectivity index (χ1n) is 9.45. The van der Waals surface area contributed by atoms with Crippen molar-refractivity contribution in [2.75, 3.05) is 10.0 Å². The molecule has 0 aliphatic heterocycles. The van der Waals surface area contributed by atoms with Crippen LogP contribution >= 0.6 is 0 Å². The summed E-state index contributed by atoms with van der Waals surface area (Å²) in [5.41, 5.74) is 0.646. The fourth-order valence-corrected chi connectivity index (χ4v) is 3.98. The summed E-state index contributed by atoms with van der Waals surface area (Å²) in [4.78, 5) is 30.7. The molecule has 4 aromatic rings. The van der Waals surface area contributed by atoms with E-state index >= 15 is 0 Å². The molecule has 2 aromatic carbocycles. The molecule has 0 spiro atoms. The molecular formula is C21H16N6O5S. The van der Waals surface area contributed by atoms with E-state index in [1.807, 2.05) is 0 Å². The zero-order chi connectivity index (χ0) is 23.4. The highest BCUT2D eigenvalue weighted by molar-refractivity contribution is 7.92. The van der Waals surface area contributed by atoms with Gasteiger partial charge in [0, 0.05) is 35.8 Å². The summed E-state index contributed by atoms with van der Waals surface area (Å²) < 4.78 is 29.1. The first-order chi connectivity index (χ1) is 15.8. The van der Waals surface area contributed by atoms with Gasteiger partial charge in [-0.25, -0.2) is 18.4 Å². The van der Waals surface area contributed by atoms with Crippen molar-refractivity contribution in [2.24, 2.45) is 0 Å². The maximum Gasteiger partial charge on any atom is 0.270 e. The lowest BCUT2D eigenvalue weighted by atomic mass is 10.2. The number of imidazole rings is 1. The smallest absolute Gasteiger partial charge is 0.270 e. The maximum atomic E-state index is 12.5. The van der Waals surface area contributed by atoms with Gasteiger partial charge in [0.25, 0.3) is 21.6 Å². The molecular weight excluding hydrogens is 448 g/mol. The van der Waals surface area contributed by atoms with Crippen LogP contribution in [-0.4, -0.2) is 33.8 Å². The minimum Gasteiger partial charge on any atom is -0.321 e. The number of anilines is 2. The second kappa shape index (κ2) is 8.88. The standard InChI is InChI=1S/C21H16N6O5S/c28-21(24-17-8-9-20(23-13-17)26-11-10-22-14-26)15-4-6-16(7-5-15)25-33(31,32)19-3-1-2-18(12-19)27(29)30/h1-14,25H,(H,24,28). The number of non-ortho nitro benzene ring substituents is 1. The molecule has 0 fully saturated rings. The van der Waals surface area contributed by atoms with Crippen LogP contribution in [-0.2, 0) is 10.0 Å². The van der Waals surface area contributed by atoms with Gasteiger partial charge in [0.05, 0.1) is 21.7 Å². The number of pyridine rings is 1. The van der Waals surface area contributed by atoms with E-state index < -0.39 is 20.9 Å². The molecule has 12 heteroatoms. The zero-order valence-corrected chi connectivity index (χ0v) is 17.6. The van der Waals surface area contributed by atoms with Crippen LogP contribution in [0.5, 0.6) is 0 Å². The molecule has 1 amide bonds. The highest BCUT2D eigenvalue weighted by Gasteiger charge is 2.18. The SMILES string of the molecule is O=C(Nc1ccc(-n2ccnc2)nc1)c1ccc(NS(=O)(=O)c2cccc([N+](=O)[O-])c2)cc1. The molecule has 0 bridgehead atoms. The molecule has 2 heterocycles. The Morgan fingerprint density at radius 2 is 1.79 bits per heavy atom. The Kier molecular flexibility index (Phi) is 5.83. The van der Waals surface area contributed by atoms with Crippen molar-refractivity contribution >= 4 is 33.0 Å². The maximum absolute atomic E-state index is 12.5. The van der Waals surface area contributed by atoms with Crippen LogP contribution in [0.2, 0.25) is 0 Å². The van der Waals surface area contributed by atoms with Crippen molar-refractivity contribution in [1.29, 1.82) is 0 Å². The van der Waals surface area contributed by atoms with Crippen molar-refractivity contribution in [3.63, 3.8) is 0 Å². The Balaban J connectivity index is 1.43. The highest BCUT2D eigenvalue weighted by atomic mass is 32.2. The van der Waals surface area contributed by atoms with Gasteiger partial charge < -0.3 is 5.32 Å². The van der Waals surface area contributed by atoms with Crippen LogP contribution in [0.25, 0.3) is 5.82 Å². The Labute approximate surface area is 188 Å². The number of amides is 1. The number of nitrogens with one attached hydrogen (secondary N) is 2. The molecule has 0 aliphatic rings. The van der Waals surface area contributed by atoms with Crippen molar-refractivity contribution in [2.45, 2.75) is 4.90 Å². The van der Waals surface area contributed by atoms with Crippen molar-refractivity contribution < 1.29 is 18.1 Å². The molecule has 33 heavy (non-hydrogen) atoms. The Morgan fingerprint density at radius 3 is 2.42 bits per heavy atom. The number of nitrogens with zero attached hydrogens (tertiary/aromatic N) is 4. The number of aromatic nitrogens is 3. The molecule has 166 valence electrons. The van der Waals surface area contributed by atoms with E-state index in [0.717, 1.165) is 6.07 Å². The summed E-state index contributed by atoms with van der Waals surface area (Å²) in [5, 5.41) is 13.6. The van der Waals surface area contributed by atoms with E-state index in [1.165, 1.54) is 48.7 Å². The van der Waals surface area contributed by atoms with Gasteiger partial charge in [0.1, 0.15) is 12.1 Å². The third kappa shape index (κ3) is 5.02. The van der Waals surface area contributed by atoms with Crippen LogP contribution < -0.4 is 10.0 Å². The number of hydrogen-bond acceptors (Lipinski definition) is 7. The Hall–Kier alpha value is -4.58. The van der Waals surface area contributed by atoms with Crippen LogP contribution in [0.15, 0.2) is 90.5 Å². The first kappa shape index (κ1) is 21.6. The molecule has 11 nitrogen and oxygen atoms in total. The monoisotopic (exact) mass is 464 g/mol. The normalized spacial score (nSPS) is 11.0. The van der Waals surface area contributed by atoms with Gasteiger partial charge in [0.15, 0.2) is 0 Å². The van der Waals surface area contributed by atoms with E-state index in [-0.39, 0.29) is 16.3 Å². The molecule has 2 aromatic heterocycles. The highest BCUT2D eigenvalue weighted by Crippen LogP contribution is 2.21. The number of carbonyl (C=O) groups is 1. The lowest BCUT2D eigenvalue weighted by Crippen LogP contribution is -2.14. The van der Waals surface area contributed by atoms with Crippen molar-refractivity contribution in [1.82, 2.24) is 14.5 Å². The minimum absolute atomic E-state index is 0.199. The Bertz CT molecular complexity index is 1400. The molecule has 4 rings (SSSR count). The third-order valence-electron chi connectivity index (χ3n) is 4.51. The van der Waals surface area contributed by atoms with Gasteiger partial charge in [-0.3, -0.25) is 24.2 Å². The van der Waals surface area contributed by atoms with Crippen molar-refractivity contribution in [3.8, 4) is 5.82 Å². The minimum atomic E-state index is -4.04. The predicted octanol–water partition coefficient (Wildman–Crippen LogP) is 3.23. The fraction of sp³-hybridized carbons (Fsp3) is 0. The van der Waals surface area contributed by atoms with Gasteiger partial charge in [-0.05, 0) is 42.5 Å². The average Bonchev–Trinajstić information content (AvgIpc) is 3.35. The molecule has 0 saturated carbocycles. The molecule has 0 aliphatic carbocycles. The average molecular weight is 464 g/mol. The van der Waals surface area contributed by atoms with E-state index in [4.69, 9.17) is 0 Å². The fourth-order valence-electron chi connectivity index (χ4n) is 2.88. The number of benzene rings is 2. The topological polar surface area (TPSA) is 149 Å². The largest absolute Gasteiger partial charge is 0.321 e. The number of sulfonamides is 1. The van der Waals surface area contributed by atoms with E-state index in [0.29, 0.717) is 17.1 Å². The zero-order valence-electron chi connectivity index (χ0n) is 16.8. The number of nitro groups is 1. The second-order valence-corrected chi connectivity index (χ2v) is 8.45. The summed E-state index contributed by atoms with van der Waals surface area (Å²) >= 11 is 0. The van der Waals surface area contributed by atoms with Gasteiger partial charge in [-0.2, -0.15) is 0 Å². The molecule has 2 N–H and O–H groups in total. The van der Waals surface area contributed by atoms with Crippen LogP contribution in [0.3, 0.4) is 0 Å². The van der Waals surface area contributed by atoms with Crippen LogP contribution in [0.1, 0.15) is 10.4 Å². The van der Waals surface area contributed by atoms with E-state index in [2.05, 4.69) is 20.0 Å². The van der Waals surface area contributed by atoms with Gasteiger partial charge in [-0.15, -0.1) is 0 Å². The van der Waals surface area contributed by atoms with Crippen molar-refractivity contribution in [3.05, 3.63) is 101 Å². The van der Waals surface area contributed by atoms with Crippen LogP contribution in [0.4, 0.5) is 17.1 Å². The number of carbonyl (C=O) groups excluding carboxylic acids is 1. The number of rotatable bonds is 7.